The fraction of sp³-hybridized carbons (Fsp3) is 0.231. The number of nitrogens with zero attached hydrogens (tertiary/aromatic N) is 5. The summed E-state index contributed by atoms with van der Waals surface area (Å²) >= 11 is 0. The Morgan fingerprint density at radius 1 is 0.759 bits per heavy atom. The van der Waals surface area contributed by atoms with E-state index < -0.39 is 32.1 Å². The molecule has 0 saturated carbocycles. The van der Waals surface area contributed by atoms with Gasteiger partial charge in [-0.2, -0.15) is 32.1 Å². The number of halogens is 3. The van der Waals surface area contributed by atoms with E-state index in [1.807, 2.05) is 54.8 Å². The minimum Gasteiger partial charge on any atom is -0.496 e. The third-order valence-corrected chi connectivity index (χ3v) is 9.88. The summed E-state index contributed by atoms with van der Waals surface area (Å²) in [5.74, 6) is 1.64. The van der Waals surface area contributed by atoms with Crippen LogP contribution in [0.1, 0.15) is 33.6 Å². The molecule has 0 unspecified atom stereocenters. The molecule has 0 aliphatic carbocycles. The summed E-state index contributed by atoms with van der Waals surface area (Å²) in [5.41, 5.74) is 1.05. The zero-order valence-corrected chi connectivity index (χ0v) is 32.2. The molecule has 2 heterocycles. The smallest absolute Gasteiger partial charge is 0.496 e. The normalized spacial score (nSPS) is 11.1. The fourth-order valence-corrected chi connectivity index (χ4v) is 6.20. The predicted octanol–water partition coefficient (Wildman–Crippen LogP) is 8.34. The molecule has 0 aliphatic rings. The number of aromatic amines is 1. The minimum atomic E-state index is -5.60. The lowest BCUT2D eigenvalue weighted by atomic mass is 10.1. The number of rotatable bonds is 11. The molecule has 6 aromatic rings. The molecule has 1 N–H and O–H groups in total. The summed E-state index contributed by atoms with van der Waals surface area (Å²) in [5, 5.41) is 41.3. The van der Waals surface area contributed by atoms with Crippen LogP contribution in [0.4, 0.5) is 24.5 Å². The molecule has 0 saturated heterocycles. The Kier molecular flexibility index (Phi) is 14.2. The Morgan fingerprint density at radius 3 is 1.76 bits per heavy atom. The topological polar surface area (TPSA) is 216 Å². The van der Waals surface area contributed by atoms with E-state index in [0.717, 1.165) is 62.1 Å². The van der Waals surface area contributed by atoms with Crippen molar-refractivity contribution in [2.24, 2.45) is 0 Å². The SMILES string of the molecule is COc1ccc2[nH]c(C#N)cc2c1C.COc1ccc2c(cc(C#N)n2CCc2ccc([N+](=O)[O-])cc2)c1C.O=[N+]([O-])c1ccc(CCOS(=O)(=O)C(F)(F)F)cc1. The molecule has 6 rings (SSSR count). The van der Waals surface area contributed by atoms with Gasteiger partial charge in [0.2, 0.25) is 0 Å². The molecular weight excluding hydrogens is 786 g/mol. The zero-order chi connectivity index (χ0) is 42.8. The van der Waals surface area contributed by atoms with Gasteiger partial charge in [-0.25, -0.2) is 0 Å². The molecule has 0 radical (unpaired) electrons. The number of nitriles is 2. The number of alkyl halides is 3. The quantitative estimate of drug-likeness (QED) is 0.0567. The van der Waals surface area contributed by atoms with Crippen LogP contribution in [0.3, 0.4) is 0 Å². The highest BCUT2D eigenvalue weighted by Gasteiger charge is 2.47. The Morgan fingerprint density at radius 2 is 1.28 bits per heavy atom. The summed E-state index contributed by atoms with van der Waals surface area (Å²) in [6.45, 7) is 3.88. The van der Waals surface area contributed by atoms with Crippen LogP contribution >= 0.6 is 0 Å². The van der Waals surface area contributed by atoms with E-state index in [4.69, 9.17) is 14.7 Å². The van der Waals surface area contributed by atoms with Gasteiger partial charge < -0.3 is 19.0 Å². The number of nitro benzene ring substituents is 2. The van der Waals surface area contributed by atoms with Crippen molar-refractivity contribution in [1.82, 2.24) is 9.55 Å². The second-order valence-corrected chi connectivity index (χ2v) is 13.9. The number of aryl methyl sites for hydroxylation is 4. The monoisotopic (exact) mass is 820 g/mol. The zero-order valence-electron chi connectivity index (χ0n) is 31.4. The largest absolute Gasteiger partial charge is 0.523 e. The number of methoxy groups -OCH3 is 2. The molecule has 58 heavy (non-hydrogen) atoms. The highest BCUT2D eigenvalue weighted by Crippen LogP contribution is 2.31. The van der Waals surface area contributed by atoms with E-state index in [2.05, 4.69) is 21.3 Å². The Bertz CT molecular complexity index is 2630. The average molecular weight is 821 g/mol. The summed E-state index contributed by atoms with van der Waals surface area (Å²) in [7, 11) is -2.32. The van der Waals surface area contributed by atoms with Gasteiger partial charge in [-0.1, -0.05) is 24.3 Å². The van der Waals surface area contributed by atoms with Gasteiger partial charge in [0.1, 0.15) is 35.0 Å². The second kappa shape index (κ2) is 18.8. The summed E-state index contributed by atoms with van der Waals surface area (Å²) in [6.07, 6.45) is 0.564. The fourth-order valence-electron chi connectivity index (χ4n) is 5.77. The molecule has 0 spiro atoms. The van der Waals surface area contributed by atoms with Crippen LogP contribution in [0.15, 0.2) is 84.9 Å². The van der Waals surface area contributed by atoms with E-state index in [1.54, 1.807) is 26.4 Å². The van der Waals surface area contributed by atoms with Crippen molar-refractivity contribution in [3.63, 3.8) is 0 Å². The van der Waals surface area contributed by atoms with Gasteiger partial charge in [0.05, 0.1) is 30.7 Å². The van der Waals surface area contributed by atoms with Crippen molar-refractivity contribution in [3.05, 3.63) is 139 Å². The molecule has 0 fully saturated rings. The summed E-state index contributed by atoms with van der Waals surface area (Å²) < 4.78 is 73.1. The number of non-ortho nitro benzene ring substituents is 2. The molecule has 15 nitrogen and oxygen atoms in total. The van der Waals surface area contributed by atoms with E-state index in [9.17, 15) is 47.1 Å². The van der Waals surface area contributed by atoms with Crippen LogP contribution in [0.25, 0.3) is 21.8 Å². The van der Waals surface area contributed by atoms with Crippen molar-refractivity contribution in [2.75, 3.05) is 20.8 Å². The van der Waals surface area contributed by atoms with Crippen LogP contribution in [-0.2, 0) is 33.7 Å². The number of ether oxygens (including phenoxy) is 2. The standard InChI is InChI=1S/C19H17N3O3.C11H10N2O.C9H8F3NO5S/c1-13-17-11-16(12-20)21(18(17)7-8-19(13)25-2)10-9-14-3-5-15(6-4-14)22(23)24;1-7-9-5-8(6-12)13-10(9)3-4-11(7)14-2;10-9(11,12)19(16,17)18-6-5-7-1-3-8(4-2-7)13(14)15/h3-8,11H,9-10H2,1-2H3;3-5,13H,1-2H3;1-4H,5-6H2. The van der Waals surface area contributed by atoms with Crippen LogP contribution in [0.5, 0.6) is 11.5 Å². The number of nitro groups is 2. The third-order valence-electron chi connectivity index (χ3n) is 8.83. The summed E-state index contributed by atoms with van der Waals surface area (Å²) in [4.78, 5) is 23.1. The molecule has 302 valence electrons. The minimum absolute atomic E-state index is 0.0793. The van der Waals surface area contributed by atoms with Gasteiger partial charge in [-0.05, 0) is 74.2 Å². The lowest BCUT2D eigenvalue weighted by Gasteiger charge is -2.09. The third kappa shape index (κ3) is 10.5. The first-order chi connectivity index (χ1) is 27.4. The Balaban J connectivity index is 0.000000201. The lowest BCUT2D eigenvalue weighted by molar-refractivity contribution is -0.385. The number of hydrogen-bond acceptors (Lipinski definition) is 11. The molecule has 0 amide bonds. The Hall–Kier alpha value is -6.96. The van der Waals surface area contributed by atoms with Gasteiger partial charge in [0.25, 0.3) is 11.4 Å². The van der Waals surface area contributed by atoms with Crippen molar-refractivity contribution < 1.29 is 45.1 Å². The van der Waals surface area contributed by atoms with Crippen molar-refractivity contribution in [3.8, 4) is 23.6 Å². The number of benzene rings is 4. The van der Waals surface area contributed by atoms with Crippen LogP contribution in [-0.4, -0.2) is 54.2 Å². The Labute approximate surface area is 329 Å². The first-order valence-electron chi connectivity index (χ1n) is 17.0. The van der Waals surface area contributed by atoms with Crippen LogP contribution in [0.2, 0.25) is 0 Å². The number of H-pyrrole nitrogens is 1. The summed E-state index contributed by atoms with van der Waals surface area (Å²) in [6, 6.07) is 27.2. The van der Waals surface area contributed by atoms with Crippen molar-refractivity contribution in [2.45, 2.75) is 38.7 Å². The highest BCUT2D eigenvalue weighted by molar-refractivity contribution is 7.87. The average Bonchev–Trinajstić information content (AvgIpc) is 3.80. The molecule has 0 aliphatic heterocycles. The second-order valence-electron chi connectivity index (χ2n) is 12.3. The molecule has 4 aromatic carbocycles. The van der Waals surface area contributed by atoms with E-state index in [-0.39, 0.29) is 17.8 Å². The first-order valence-corrected chi connectivity index (χ1v) is 18.4. The van der Waals surface area contributed by atoms with Gasteiger partial charge in [0.15, 0.2) is 0 Å². The molecule has 2 aromatic heterocycles. The molecule has 19 heteroatoms. The van der Waals surface area contributed by atoms with E-state index in [1.165, 1.54) is 24.3 Å². The molecular formula is C39H35F3N6O9S. The lowest BCUT2D eigenvalue weighted by Crippen LogP contribution is -2.26. The van der Waals surface area contributed by atoms with Gasteiger partial charge in [-0.3, -0.25) is 24.4 Å². The predicted molar refractivity (Wildman–Crippen MR) is 207 cm³/mol. The van der Waals surface area contributed by atoms with E-state index >= 15 is 0 Å². The maximum absolute atomic E-state index is 11.9. The van der Waals surface area contributed by atoms with Crippen LogP contribution < -0.4 is 9.47 Å². The first kappa shape index (κ1) is 43.8. The van der Waals surface area contributed by atoms with Gasteiger partial charge in [0, 0.05) is 63.7 Å². The van der Waals surface area contributed by atoms with Crippen molar-refractivity contribution in [1.29, 1.82) is 10.5 Å². The molecule has 0 bridgehead atoms. The van der Waals surface area contributed by atoms with Crippen molar-refractivity contribution >= 4 is 43.3 Å². The van der Waals surface area contributed by atoms with Crippen LogP contribution in [0, 0.1) is 56.7 Å². The highest BCUT2D eigenvalue weighted by atomic mass is 32.2. The van der Waals surface area contributed by atoms with E-state index in [0.29, 0.717) is 29.9 Å². The maximum Gasteiger partial charge on any atom is 0.523 e. The number of hydrogen-bond donors (Lipinski definition) is 1. The maximum atomic E-state index is 11.9. The molecule has 0 atom stereocenters. The number of fused-ring (bicyclic) bond motifs is 2. The van der Waals surface area contributed by atoms with Gasteiger partial charge >= 0.3 is 15.6 Å². The number of aromatic nitrogens is 2. The van der Waals surface area contributed by atoms with Gasteiger partial charge in [-0.15, -0.1) is 0 Å². The number of nitrogens with one attached hydrogen (secondary N) is 1.